The van der Waals surface area contributed by atoms with E-state index in [1.807, 2.05) is 0 Å². The maximum atomic E-state index is 13.3. The second-order valence-electron chi connectivity index (χ2n) is 2.78. The molecule has 0 aliphatic heterocycles. The molecule has 0 saturated heterocycles. The lowest BCUT2D eigenvalue weighted by Gasteiger charge is -2.14. The Morgan fingerprint density at radius 1 is 1.33 bits per heavy atom. The Morgan fingerprint density at radius 3 is 2.47 bits per heavy atom. The van der Waals surface area contributed by atoms with Crippen molar-refractivity contribution in [2.75, 3.05) is 0 Å². The Hall–Kier alpha value is -1.03. The van der Waals surface area contributed by atoms with Crippen LogP contribution in [0.3, 0.4) is 0 Å². The smallest absolute Gasteiger partial charge is 0.170 e. The lowest BCUT2D eigenvalue weighted by atomic mass is 10.0. The lowest BCUT2D eigenvalue weighted by molar-refractivity contribution is 0.0475. The van der Waals surface area contributed by atoms with Gasteiger partial charge in [0.2, 0.25) is 0 Å². The molecule has 0 bridgehead atoms. The molecule has 0 fully saturated rings. The van der Waals surface area contributed by atoms with Crippen LogP contribution < -0.4 is 0 Å². The van der Waals surface area contributed by atoms with E-state index in [2.05, 4.69) is 15.9 Å². The number of hydrogen-bond acceptors (Lipinski definition) is 3. The van der Waals surface area contributed by atoms with E-state index in [1.165, 1.54) is 6.07 Å². The van der Waals surface area contributed by atoms with Crippen molar-refractivity contribution in [1.29, 1.82) is 5.26 Å². The summed E-state index contributed by atoms with van der Waals surface area (Å²) in [4.78, 5) is 0. The van der Waals surface area contributed by atoms with Gasteiger partial charge in [-0.2, -0.15) is 5.26 Å². The molecule has 15 heavy (non-hydrogen) atoms. The number of benzene rings is 1. The topological polar surface area (TPSA) is 64.2 Å². The molecule has 1 aromatic rings. The first kappa shape index (κ1) is 12.0. The van der Waals surface area contributed by atoms with E-state index in [0.29, 0.717) is 0 Å². The standard InChI is InChI=1S/C9H6BrF2NO2/c10-4-1-2-5(11)7(8(4)12)9(15)6(14)3-13/h1-2,6,9,14-15H. The summed E-state index contributed by atoms with van der Waals surface area (Å²) in [5.74, 6) is -2.05. The van der Waals surface area contributed by atoms with Crippen LogP contribution in [0.15, 0.2) is 16.6 Å². The first-order valence-corrected chi connectivity index (χ1v) is 4.67. The maximum absolute atomic E-state index is 13.3. The molecule has 0 radical (unpaired) electrons. The molecule has 1 rings (SSSR count). The molecule has 2 unspecified atom stereocenters. The van der Waals surface area contributed by atoms with Crippen molar-refractivity contribution < 1.29 is 19.0 Å². The van der Waals surface area contributed by atoms with Crippen molar-refractivity contribution in [3.05, 3.63) is 33.8 Å². The van der Waals surface area contributed by atoms with Crippen molar-refractivity contribution in [2.24, 2.45) is 0 Å². The van der Waals surface area contributed by atoms with E-state index in [9.17, 15) is 13.9 Å². The lowest BCUT2D eigenvalue weighted by Crippen LogP contribution is -2.18. The minimum absolute atomic E-state index is 0.0527. The molecule has 0 heterocycles. The Kier molecular flexibility index (Phi) is 3.74. The third kappa shape index (κ3) is 2.31. The van der Waals surface area contributed by atoms with Gasteiger partial charge in [0.05, 0.1) is 16.1 Å². The minimum atomic E-state index is -1.91. The summed E-state index contributed by atoms with van der Waals surface area (Å²) in [7, 11) is 0. The fraction of sp³-hybridized carbons (Fsp3) is 0.222. The molecule has 0 amide bonds. The number of nitriles is 1. The van der Waals surface area contributed by atoms with Gasteiger partial charge in [0.25, 0.3) is 0 Å². The zero-order chi connectivity index (χ0) is 11.6. The van der Waals surface area contributed by atoms with Gasteiger partial charge in [0, 0.05) is 0 Å². The average Bonchev–Trinajstić information content (AvgIpc) is 2.22. The normalized spacial score (nSPS) is 14.4. The first-order valence-electron chi connectivity index (χ1n) is 3.88. The van der Waals surface area contributed by atoms with Crippen molar-refractivity contribution in [3.8, 4) is 6.07 Å². The largest absolute Gasteiger partial charge is 0.384 e. The van der Waals surface area contributed by atoms with E-state index in [1.54, 1.807) is 0 Å². The van der Waals surface area contributed by atoms with Crippen LogP contribution >= 0.6 is 15.9 Å². The SMILES string of the molecule is N#CC(O)C(O)c1c(F)ccc(Br)c1F. The van der Waals surface area contributed by atoms with Gasteiger partial charge in [-0.3, -0.25) is 0 Å². The zero-order valence-corrected chi connectivity index (χ0v) is 8.87. The van der Waals surface area contributed by atoms with Gasteiger partial charge in [-0.05, 0) is 28.1 Å². The molecule has 80 valence electrons. The fourth-order valence-corrected chi connectivity index (χ4v) is 1.39. The summed E-state index contributed by atoms with van der Waals surface area (Å²) in [5, 5.41) is 26.6. The van der Waals surface area contributed by atoms with Gasteiger partial charge < -0.3 is 10.2 Å². The van der Waals surface area contributed by atoms with E-state index >= 15 is 0 Å². The highest BCUT2D eigenvalue weighted by atomic mass is 79.9. The molecule has 1 aromatic carbocycles. The van der Waals surface area contributed by atoms with Crippen LogP contribution in [0.2, 0.25) is 0 Å². The third-order valence-corrected chi connectivity index (χ3v) is 2.42. The summed E-state index contributed by atoms with van der Waals surface area (Å²) in [5.41, 5.74) is -0.724. The van der Waals surface area contributed by atoms with Gasteiger partial charge >= 0.3 is 0 Å². The van der Waals surface area contributed by atoms with E-state index in [0.717, 1.165) is 12.1 Å². The quantitative estimate of drug-likeness (QED) is 0.638. The predicted octanol–water partition coefficient (Wildman–Crippen LogP) is 1.65. The number of aliphatic hydroxyl groups excluding tert-OH is 2. The van der Waals surface area contributed by atoms with Crippen LogP contribution in [0.25, 0.3) is 0 Å². The molecular formula is C9H6BrF2NO2. The molecule has 0 aromatic heterocycles. The average molecular weight is 278 g/mol. The van der Waals surface area contributed by atoms with Crippen LogP contribution in [0.4, 0.5) is 8.78 Å². The van der Waals surface area contributed by atoms with Gasteiger partial charge in [-0.25, -0.2) is 8.78 Å². The van der Waals surface area contributed by atoms with Crippen LogP contribution in [0, 0.1) is 23.0 Å². The Morgan fingerprint density at radius 2 is 1.93 bits per heavy atom. The number of hydrogen-bond donors (Lipinski definition) is 2. The number of rotatable bonds is 2. The van der Waals surface area contributed by atoms with Crippen molar-refractivity contribution >= 4 is 15.9 Å². The fourth-order valence-electron chi connectivity index (χ4n) is 1.04. The van der Waals surface area contributed by atoms with Crippen LogP contribution in [0.5, 0.6) is 0 Å². The Balaban J connectivity index is 3.25. The number of aliphatic hydroxyl groups is 2. The number of nitrogens with zero attached hydrogens (tertiary/aromatic N) is 1. The first-order chi connectivity index (χ1) is 6.99. The zero-order valence-electron chi connectivity index (χ0n) is 7.28. The van der Waals surface area contributed by atoms with Crippen LogP contribution in [0.1, 0.15) is 11.7 Å². The van der Waals surface area contributed by atoms with Gasteiger partial charge in [-0.15, -0.1) is 0 Å². The van der Waals surface area contributed by atoms with E-state index in [4.69, 9.17) is 10.4 Å². The second-order valence-corrected chi connectivity index (χ2v) is 3.63. The van der Waals surface area contributed by atoms with Crippen molar-refractivity contribution in [3.63, 3.8) is 0 Å². The molecule has 6 heteroatoms. The minimum Gasteiger partial charge on any atom is -0.384 e. The maximum Gasteiger partial charge on any atom is 0.170 e. The molecule has 0 spiro atoms. The summed E-state index contributed by atoms with van der Waals surface area (Å²) in [6.45, 7) is 0. The summed E-state index contributed by atoms with van der Waals surface area (Å²) in [6, 6.07) is 3.35. The Bertz CT molecular complexity index is 419. The van der Waals surface area contributed by atoms with Crippen molar-refractivity contribution in [1.82, 2.24) is 0 Å². The summed E-state index contributed by atoms with van der Waals surface area (Å²) >= 11 is 2.80. The van der Waals surface area contributed by atoms with Gasteiger partial charge in [-0.1, -0.05) is 0 Å². The molecule has 0 aliphatic carbocycles. The predicted molar refractivity (Wildman–Crippen MR) is 50.6 cm³/mol. The highest BCUT2D eigenvalue weighted by Crippen LogP contribution is 2.28. The van der Waals surface area contributed by atoms with Gasteiger partial charge in [0.15, 0.2) is 6.10 Å². The van der Waals surface area contributed by atoms with Crippen LogP contribution in [-0.2, 0) is 0 Å². The Labute approximate surface area is 92.7 Å². The summed E-state index contributed by atoms with van der Waals surface area (Å²) in [6.07, 6.45) is -3.78. The summed E-state index contributed by atoms with van der Waals surface area (Å²) < 4.78 is 26.4. The highest BCUT2D eigenvalue weighted by Gasteiger charge is 2.26. The second kappa shape index (κ2) is 4.66. The van der Waals surface area contributed by atoms with E-state index in [-0.39, 0.29) is 4.47 Å². The van der Waals surface area contributed by atoms with E-state index < -0.39 is 29.4 Å². The molecule has 2 atom stereocenters. The molecule has 0 aliphatic rings. The van der Waals surface area contributed by atoms with Crippen molar-refractivity contribution in [2.45, 2.75) is 12.2 Å². The monoisotopic (exact) mass is 277 g/mol. The third-order valence-electron chi connectivity index (χ3n) is 1.81. The van der Waals surface area contributed by atoms with Crippen LogP contribution in [-0.4, -0.2) is 16.3 Å². The number of halogens is 3. The highest BCUT2D eigenvalue weighted by molar-refractivity contribution is 9.10. The molecule has 0 saturated carbocycles. The molecule has 2 N–H and O–H groups in total. The molecule has 3 nitrogen and oxygen atoms in total. The molecular weight excluding hydrogens is 272 g/mol. The van der Waals surface area contributed by atoms with Gasteiger partial charge in [0.1, 0.15) is 17.7 Å².